The normalized spacial score (nSPS) is 18.0. The first-order chi connectivity index (χ1) is 15.7. The Morgan fingerprint density at radius 1 is 1.09 bits per heavy atom. The fourth-order valence-electron chi connectivity index (χ4n) is 4.37. The third-order valence-corrected chi connectivity index (χ3v) is 6.42. The summed E-state index contributed by atoms with van der Waals surface area (Å²) in [5.74, 6) is 2.12. The van der Waals surface area contributed by atoms with Gasteiger partial charge in [-0.05, 0) is 55.9 Å². The minimum Gasteiger partial charge on any atom is -0.381 e. The lowest BCUT2D eigenvalue weighted by molar-refractivity contribution is -0.131. The zero-order valence-corrected chi connectivity index (χ0v) is 22.3. The molecular formula is C25H41IN4O3. The van der Waals surface area contributed by atoms with E-state index in [9.17, 15) is 4.79 Å². The van der Waals surface area contributed by atoms with Crippen LogP contribution in [-0.2, 0) is 20.7 Å². The summed E-state index contributed by atoms with van der Waals surface area (Å²) < 4.78 is 11.2. The van der Waals surface area contributed by atoms with Crippen LogP contribution in [0.5, 0.6) is 0 Å². The number of carbonyl (C=O) groups is 1. The average molecular weight is 573 g/mol. The van der Waals surface area contributed by atoms with Crippen LogP contribution in [0.25, 0.3) is 0 Å². The van der Waals surface area contributed by atoms with Gasteiger partial charge in [-0.25, -0.2) is 0 Å². The highest BCUT2D eigenvalue weighted by Crippen LogP contribution is 2.21. The minimum absolute atomic E-state index is 0. The van der Waals surface area contributed by atoms with E-state index in [4.69, 9.17) is 9.47 Å². The number of piperidine rings is 1. The molecule has 186 valence electrons. The fourth-order valence-corrected chi connectivity index (χ4v) is 4.37. The Bertz CT molecular complexity index is 690. The van der Waals surface area contributed by atoms with Gasteiger partial charge in [0.25, 0.3) is 0 Å². The van der Waals surface area contributed by atoms with Crippen LogP contribution < -0.4 is 10.6 Å². The average Bonchev–Trinajstić information content (AvgIpc) is 2.84. The van der Waals surface area contributed by atoms with Gasteiger partial charge in [-0.1, -0.05) is 30.3 Å². The van der Waals surface area contributed by atoms with Gasteiger partial charge in [0.15, 0.2) is 5.96 Å². The number of rotatable bonds is 10. The predicted octanol–water partition coefficient (Wildman–Crippen LogP) is 3.08. The summed E-state index contributed by atoms with van der Waals surface area (Å²) in [6.45, 7) is 6.02. The van der Waals surface area contributed by atoms with Gasteiger partial charge in [0.05, 0.1) is 6.54 Å². The number of halogens is 1. The van der Waals surface area contributed by atoms with Crippen LogP contribution in [0.4, 0.5) is 0 Å². The van der Waals surface area contributed by atoms with Crippen molar-refractivity contribution in [2.45, 2.75) is 38.5 Å². The highest BCUT2D eigenvalue weighted by atomic mass is 127. The fraction of sp³-hybridized carbons (Fsp3) is 0.680. The number of ether oxygens (including phenoxy) is 2. The second-order valence-electron chi connectivity index (χ2n) is 8.85. The maximum absolute atomic E-state index is 12.6. The number of hydrogen-bond acceptors (Lipinski definition) is 4. The Morgan fingerprint density at radius 3 is 2.52 bits per heavy atom. The van der Waals surface area contributed by atoms with E-state index in [2.05, 4.69) is 46.0 Å². The van der Waals surface area contributed by atoms with Gasteiger partial charge in [0.2, 0.25) is 5.91 Å². The molecule has 0 atom stereocenters. The summed E-state index contributed by atoms with van der Waals surface area (Å²) in [6, 6.07) is 10.6. The topological polar surface area (TPSA) is 75.2 Å². The molecule has 7 nitrogen and oxygen atoms in total. The summed E-state index contributed by atoms with van der Waals surface area (Å²) in [5, 5.41) is 6.42. The molecule has 0 aliphatic carbocycles. The SMILES string of the molecule is CN=C(NCCCOCC1CCOCC1)NCC(=O)N1CCC(Cc2ccccc2)CC1.I. The van der Waals surface area contributed by atoms with E-state index in [1.54, 1.807) is 7.05 Å². The summed E-state index contributed by atoms with van der Waals surface area (Å²) in [7, 11) is 1.73. The van der Waals surface area contributed by atoms with Gasteiger partial charge in [-0.3, -0.25) is 9.79 Å². The molecule has 2 saturated heterocycles. The van der Waals surface area contributed by atoms with Crippen molar-refractivity contribution in [2.24, 2.45) is 16.8 Å². The Morgan fingerprint density at radius 2 is 1.82 bits per heavy atom. The van der Waals surface area contributed by atoms with E-state index in [0.717, 1.165) is 84.6 Å². The van der Waals surface area contributed by atoms with E-state index in [-0.39, 0.29) is 36.4 Å². The Labute approximate surface area is 216 Å². The lowest BCUT2D eigenvalue weighted by Crippen LogP contribution is -2.47. The monoisotopic (exact) mass is 572 g/mol. The van der Waals surface area contributed by atoms with Crippen LogP contribution in [0, 0.1) is 11.8 Å². The van der Waals surface area contributed by atoms with Crippen molar-refractivity contribution in [1.82, 2.24) is 15.5 Å². The molecule has 2 fully saturated rings. The smallest absolute Gasteiger partial charge is 0.241 e. The second-order valence-corrected chi connectivity index (χ2v) is 8.85. The predicted molar refractivity (Wildman–Crippen MR) is 143 cm³/mol. The summed E-state index contributed by atoms with van der Waals surface area (Å²) in [5.41, 5.74) is 1.39. The Kier molecular flexibility index (Phi) is 13.7. The molecule has 0 unspecified atom stereocenters. The van der Waals surface area contributed by atoms with Crippen LogP contribution in [0.3, 0.4) is 0 Å². The van der Waals surface area contributed by atoms with Crippen LogP contribution in [0.1, 0.15) is 37.7 Å². The van der Waals surface area contributed by atoms with Crippen LogP contribution >= 0.6 is 24.0 Å². The molecule has 0 bridgehead atoms. The maximum Gasteiger partial charge on any atom is 0.241 e. The lowest BCUT2D eigenvalue weighted by Gasteiger charge is -2.32. The van der Waals surface area contributed by atoms with E-state index in [1.165, 1.54) is 5.56 Å². The van der Waals surface area contributed by atoms with Crippen LogP contribution in [-0.4, -0.2) is 76.4 Å². The number of nitrogens with zero attached hydrogens (tertiary/aromatic N) is 2. The molecular weight excluding hydrogens is 531 g/mol. The summed E-state index contributed by atoms with van der Waals surface area (Å²) in [4.78, 5) is 18.8. The van der Waals surface area contributed by atoms with Crippen LogP contribution in [0.2, 0.25) is 0 Å². The molecule has 0 saturated carbocycles. The molecule has 1 amide bonds. The molecule has 0 aromatic heterocycles. The highest BCUT2D eigenvalue weighted by molar-refractivity contribution is 14.0. The molecule has 33 heavy (non-hydrogen) atoms. The largest absolute Gasteiger partial charge is 0.381 e. The number of carbonyl (C=O) groups excluding carboxylic acids is 1. The summed E-state index contributed by atoms with van der Waals surface area (Å²) in [6.07, 6.45) is 6.37. The van der Waals surface area contributed by atoms with Crippen molar-refractivity contribution in [2.75, 3.05) is 59.7 Å². The number of hydrogen-bond donors (Lipinski definition) is 2. The van der Waals surface area contributed by atoms with Crippen molar-refractivity contribution in [3.05, 3.63) is 35.9 Å². The van der Waals surface area contributed by atoms with Gasteiger partial charge in [0, 0.05) is 53.1 Å². The van der Waals surface area contributed by atoms with Gasteiger partial charge in [-0.15, -0.1) is 24.0 Å². The Hall–Kier alpha value is -1.39. The highest BCUT2D eigenvalue weighted by Gasteiger charge is 2.23. The van der Waals surface area contributed by atoms with Crippen molar-refractivity contribution < 1.29 is 14.3 Å². The molecule has 8 heteroatoms. The molecule has 2 heterocycles. The zero-order valence-electron chi connectivity index (χ0n) is 20.0. The maximum atomic E-state index is 12.6. The van der Waals surface area contributed by atoms with E-state index >= 15 is 0 Å². The summed E-state index contributed by atoms with van der Waals surface area (Å²) >= 11 is 0. The van der Waals surface area contributed by atoms with E-state index < -0.39 is 0 Å². The van der Waals surface area contributed by atoms with Gasteiger partial charge >= 0.3 is 0 Å². The number of benzene rings is 1. The number of nitrogens with one attached hydrogen (secondary N) is 2. The van der Waals surface area contributed by atoms with Gasteiger partial charge in [-0.2, -0.15) is 0 Å². The number of guanidine groups is 1. The molecule has 0 spiro atoms. The van der Waals surface area contributed by atoms with Crippen molar-refractivity contribution >= 4 is 35.8 Å². The van der Waals surface area contributed by atoms with E-state index in [1.807, 2.05) is 4.90 Å². The van der Waals surface area contributed by atoms with Crippen molar-refractivity contribution in [1.29, 1.82) is 0 Å². The number of likely N-dealkylation sites (tertiary alicyclic amines) is 1. The first kappa shape index (κ1) is 27.9. The third kappa shape index (κ3) is 10.6. The molecule has 3 rings (SSSR count). The van der Waals surface area contributed by atoms with E-state index in [0.29, 0.717) is 17.8 Å². The van der Waals surface area contributed by atoms with Crippen LogP contribution in [0.15, 0.2) is 35.3 Å². The van der Waals surface area contributed by atoms with Crippen molar-refractivity contribution in [3.63, 3.8) is 0 Å². The molecule has 2 aliphatic heterocycles. The standard InChI is InChI=1S/C25H40N4O3.HI/c1-26-25(27-12-5-15-32-20-23-10-16-31-17-11-23)28-19-24(30)29-13-8-22(9-14-29)18-21-6-3-2-4-7-21;/h2-4,6-7,22-23H,5,8-20H2,1H3,(H2,26,27,28);1H. The molecule has 0 radical (unpaired) electrons. The first-order valence-electron chi connectivity index (χ1n) is 12.2. The number of amides is 1. The molecule has 2 N–H and O–H groups in total. The molecule has 1 aromatic rings. The molecule has 2 aliphatic rings. The third-order valence-electron chi connectivity index (χ3n) is 6.42. The van der Waals surface area contributed by atoms with Gasteiger partial charge in [0.1, 0.15) is 0 Å². The molecule has 1 aromatic carbocycles. The van der Waals surface area contributed by atoms with Gasteiger partial charge < -0.3 is 25.0 Å². The Balaban J connectivity index is 0.00000385. The zero-order chi connectivity index (χ0) is 22.4. The lowest BCUT2D eigenvalue weighted by atomic mass is 9.90. The quantitative estimate of drug-likeness (QED) is 0.195. The first-order valence-corrected chi connectivity index (χ1v) is 12.2. The van der Waals surface area contributed by atoms with Crippen molar-refractivity contribution in [3.8, 4) is 0 Å². The minimum atomic E-state index is 0. The second kappa shape index (κ2) is 16.3. The number of aliphatic imine (C=N–C) groups is 1.